The van der Waals surface area contributed by atoms with Crippen LogP contribution < -0.4 is 25.0 Å². The van der Waals surface area contributed by atoms with Crippen molar-refractivity contribution in [3.8, 4) is 17.2 Å². The van der Waals surface area contributed by atoms with Gasteiger partial charge >= 0.3 is 11.8 Å². The van der Waals surface area contributed by atoms with Gasteiger partial charge in [-0.2, -0.15) is 5.10 Å². The van der Waals surface area contributed by atoms with E-state index in [1.807, 2.05) is 0 Å². The number of nitrogens with one attached hydrogen (secondary N) is 2. The molecule has 0 aliphatic heterocycles. The van der Waals surface area contributed by atoms with Gasteiger partial charge in [0.15, 0.2) is 11.5 Å². The van der Waals surface area contributed by atoms with E-state index in [1.54, 1.807) is 18.2 Å². The molecule has 2 amide bonds. The first-order valence-electron chi connectivity index (χ1n) is 7.79. The van der Waals surface area contributed by atoms with Gasteiger partial charge in [-0.05, 0) is 30.3 Å². The van der Waals surface area contributed by atoms with Gasteiger partial charge in [-0.15, -0.1) is 0 Å². The molecule has 0 atom stereocenters. The summed E-state index contributed by atoms with van der Waals surface area (Å²) in [4.78, 5) is 23.8. The summed E-state index contributed by atoms with van der Waals surface area (Å²) in [5, 5.41) is 6.71. The first-order chi connectivity index (χ1) is 13.4. The second kappa shape index (κ2) is 9.82. The summed E-state index contributed by atoms with van der Waals surface area (Å²) in [7, 11) is 4.44. The van der Waals surface area contributed by atoms with Crippen molar-refractivity contribution in [3.63, 3.8) is 0 Å². The smallest absolute Gasteiger partial charge is 0.329 e. The van der Waals surface area contributed by atoms with E-state index >= 15 is 0 Å². The zero-order valence-electron chi connectivity index (χ0n) is 15.2. The molecule has 0 heterocycles. The average Bonchev–Trinajstić information content (AvgIpc) is 2.69. The number of carbonyl (C=O) groups is 2. The van der Waals surface area contributed by atoms with Gasteiger partial charge in [-0.25, -0.2) is 5.43 Å². The number of hydrogen-bond donors (Lipinski definition) is 2. The number of benzene rings is 2. The molecule has 0 radical (unpaired) electrons. The second-order valence-corrected chi connectivity index (χ2v) is 6.08. The van der Waals surface area contributed by atoms with Crippen LogP contribution in [0, 0.1) is 0 Å². The zero-order valence-corrected chi connectivity index (χ0v) is 16.7. The van der Waals surface area contributed by atoms with Crippen LogP contribution in [0.3, 0.4) is 0 Å². The number of carbonyl (C=O) groups excluding carboxylic acids is 2. The minimum atomic E-state index is -0.986. The SMILES string of the molecule is COc1cc(/C=N/NC(=O)C(=O)Nc2cc(Cl)ccc2Cl)cc(OC)c1OC. The highest BCUT2D eigenvalue weighted by molar-refractivity contribution is 6.42. The molecule has 0 aliphatic rings. The third-order valence-corrected chi connectivity index (χ3v) is 4.01. The summed E-state index contributed by atoms with van der Waals surface area (Å²) in [6.07, 6.45) is 1.32. The third kappa shape index (κ3) is 5.28. The molecule has 0 fully saturated rings. The molecule has 0 spiro atoms. The summed E-state index contributed by atoms with van der Waals surface area (Å²) >= 11 is 11.8. The van der Waals surface area contributed by atoms with Crippen molar-refractivity contribution >= 4 is 46.9 Å². The van der Waals surface area contributed by atoms with Gasteiger partial charge in [-0.1, -0.05) is 23.2 Å². The molecule has 0 aliphatic carbocycles. The fourth-order valence-electron chi connectivity index (χ4n) is 2.16. The lowest BCUT2D eigenvalue weighted by atomic mass is 10.2. The standard InChI is InChI=1S/C18H17Cl2N3O5/c1-26-14-6-10(7-15(27-2)16(14)28-3)9-21-23-18(25)17(24)22-13-8-11(19)4-5-12(13)20/h4-9H,1-3H3,(H,22,24)(H,23,25)/b21-9+. The monoisotopic (exact) mass is 425 g/mol. The Kier molecular flexibility index (Phi) is 7.48. The molecule has 0 aromatic heterocycles. The van der Waals surface area contributed by atoms with E-state index in [4.69, 9.17) is 37.4 Å². The Labute approximate surface area is 171 Å². The van der Waals surface area contributed by atoms with Crippen LogP contribution in [-0.4, -0.2) is 39.4 Å². The van der Waals surface area contributed by atoms with Crippen molar-refractivity contribution in [2.45, 2.75) is 0 Å². The van der Waals surface area contributed by atoms with Crippen molar-refractivity contribution in [1.29, 1.82) is 0 Å². The number of nitrogens with zero attached hydrogens (tertiary/aromatic N) is 1. The Hall–Kier alpha value is -2.97. The first-order valence-corrected chi connectivity index (χ1v) is 8.54. The quantitative estimate of drug-likeness (QED) is 0.420. The number of methoxy groups -OCH3 is 3. The summed E-state index contributed by atoms with van der Waals surface area (Å²) in [5.41, 5.74) is 2.88. The maximum Gasteiger partial charge on any atom is 0.329 e. The average molecular weight is 426 g/mol. The molecule has 2 aromatic carbocycles. The molecule has 10 heteroatoms. The van der Waals surface area contributed by atoms with Crippen LogP contribution in [0.5, 0.6) is 17.2 Å². The number of ether oxygens (including phenoxy) is 3. The van der Waals surface area contributed by atoms with Crippen LogP contribution in [-0.2, 0) is 9.59 Å². The van der Waals surface area contributed by atoms with Crippen LogP contribution in [0.1, 0.15) is 5.56 Å². The maximum absolute atomic E-state index is 11.9. The highest BCUT2D eigenvalue weighted by atomic mass is 35.5. The molecular formula is C18H17Cl2N3O5. The van der Waals surface area contributed by atoms with Crippen molar-refractivity contribution in [2.75, 3.05) is 26.6 Å². The van der Waals surface area contributed by atoms with Crippen LogP contribution in [0.15, 0.2) is 35.4 Å². The Morgan fingerprint density at radius 1 is 0.964 bits per heavy atom. The molecule has 0 saturated carbocycles. The molecule has 0 unspecified atom stereocenters. The predicted octanol–water partition coefficient (Wildman–Crippen LogP) is 3.11. The lowest BCUT2D eigenvalue weighted by Crippen LogP contribution is -2.32. The van der Waals surface area contributed by atoms with Crippen molar-refractivity contribution < 1.29 is 23.8 Å². The van der Waals surface area contributed by atoms with E-state index in [1.165, 1.54) is 39.7 Å². The fraction of sp³-hybridized carbons (Fsp3) is 0.167. The molecule has 2 N–H and O–H groups in total. The summed E-state index contributed by atoms with van der Waals surface area (Å²) in [6, 6.07) is 7.74. The largest absolute Gasteiger partial charge is 0.493 e. The van der Waals surface area contributed by atoms with E-state index in [0.29, 0.717) is 27.8 Å². The molecule has 28 heavy (non-hydrogen) atoms. The number of anilines is 1. The van der Waals surface area contributed by atoms with Gasteiger partial charge < -0.3 is 19.5 Å². The van der Waals surface area contributed by atoms with E-state index in [-0.39, 0.29) is 10.7 Å². The lowest BCUT2D eigenvalue weighted by molar-refractivity contribution is -0.136. The van der Waals surface area contributed by atoms with Gasteiger partial charge in [-0.3, -0.25) is 9.59 Å². The molecular weight excluding hydrogens is 409 g/mol. The molecule has 0 saturated heterocycles. The number of hydrazone groups is 1. The predicted molar refractivity (Wildman–Crippen MR) is 107 cm³/mol. The zero-order chi connectivity index (χ0) is 20.7. The summed E-state index contributed by atoms with van der Waals surface area (Å²) in [6.45, 7) is 0. The van der Waals surface area contributed by atoms with Gasteiger partial charge in [0.2, 0.25) is 5.75 Å². The normalized spacial score (nSPS) is 10.5. The minimum Gasteiger partial charge on any atom is -0.493 e. The highest BCUT2D eigenvalue weighted by Gasteiger charge is 2.15. The fourth-order valence-corrected chi connectivity index (χ4v) is 2.50. The number of halogens is 2. The van der Waals surface area contributed by atoms with Crippen LogP contribution in [0.25, 0.3) is 0 Å². The highest BCUT2D eigenvalue weighted by Crippen LogP contribution is 2.37. The molecule has 2 aromatic rings. The minimum absolute atomic E-state index is 0.211. The molecule has 0 bridgehead atoms. The van der Waals surface area contributed by atoms with Crippen LogP contribution in [0.2, 0.25) is 10.0 Å². The van der Waals surface area contributed by atoms with E-state index in [0.717, 1.165) is 0 Å². The van der Waals surface area contributed by atoms with E-state index in [2.05, 4.69) is 15.8 Å². The van der Waals surface area contributed by atoms with Crippen molar-refractivity contribution in [3.05, 3.63) is 45.9 Å². The van der Waals surface area contributed by atoms with E-state index in [9.17, 15) is 9.59 Å². The Bertz CT molecular complexity index is 893. The Morgan fingerprint density at radius 2 is 1.61 bits per heavy atom. The molecule has 148 valence electrons. The van der Waals surface area contributed by atoms with Crippen molar-refractivity contribution in [2.24, 2.45) is 5.10 Å². The number of rotatable bonds is 6. The van der Waals surface area contributed by atoms with Crippen LogP contribution in [0.4, 0.5) is 5.69 Å². The summed E-state index contributed by atoms with van der Waals surface area (Å²) in [5.74, 6) is -0.680. The van der Waals surface area contributed by atoms with Gasteiger partial charge in [0.1, 0.15) is 0 Å². The summed E-state index contributed by atoms with van der Waals surface area (Å²) < 4.78 is 15.7. The molecule has 2 rings (SSSR count). The maximum atomic E-state index is 11.9. The van der Waals surface area contributed by atoms with E-state index < -0.39 is 11.8 Å². The van der Waals surface area contributed by atoms with Gasteiger partial charge in [0.25, 0.3) is 0 Å². The topological polar surface area (TPSA) is 98.2 Å². The Morgan fingerprint density at radius 3 is 2.18 bits per heavy atom. The van der Waals surface area contributed by atoms with Gasteiger partial charge in [0.05, 0.1) is 38.3 Å². The van der Waals surface area contributed by atoms with Gasteiger partial charge in [0, 0.05) is 10.6 Å². The first kappa shape index (κ1) is 21.3. The second-order valence-electron chi connectivity index (χ2n) is 5.24. The third-order valence-electron chi connectivity index (χ3n) is 3.45. The number of amides is 2. The molecule has 8 nitrogen and oxygen atoms in total. The van der Waals surface area contributed by atoms with Crippen LogP contribution >= 0.6 is 23.2 Å². The number of hydrogen-bond acceptors (Lipinski definition) is 6. The van der Waals surface area contributed by atoms with Crippen molar-refractivity contribution in [1.82, 2.24) is 5.43 Å². The lowest BCUT2D eigenvalue weighted by Gasteiger charge is -2.12. The Balaban J connectivity index is 2.06.